The van der Waals surface area contributed by atoms with Crippen LogP contribution in [-0.2, 0) is 17.6 Å². The fraction of sp³-hybridized carbons (Fsp3) is 0.632. The predicted octanol–water partition coefficient (Wildman–Crippen LogP) is 3.68. The van der Waals surface area contributed by atoms with Crippen LogP contribution in [-0.4, -0.2) is 18.5 Å². The molecule has 1 heterocycles. The molecule has 1 aliphatic rings. The second-order valence-corrected chi connectivity index (χ2v) is 6.82. The number of fused-ring (bicyclic) bond motifs is 1. The molecule has 122 valence electrons. The lowest BCUT2D eigenvalue weighted by Crippen LogP contribution is -2.38. The first kappa shape index (κ1) is 17.0. The van der Waals surface area contributed by atoms with Crippen LogP contribution in [0.4, 0.5) is 5.69 Å². The highest BCUT2D eigenvalue weighted by molar-refractivity contribution is 5.95. The molecule has 0 aromatic heterocycles. The second-order valence-electron chi connectivity index (χ2n) is 6.82. The number of carbonyl (C=O) groups excluding carboxylic acids is 1. The Labute approximate surface area is 134 Å². The SMILES string of the molecule is CCCCC(N)Cc1ccc2c(c1)CCCN2C(=O)C(C)C. The van der Waals surface area contributed by atoms with E-state index >= 15 is 0 Å². The normalized spacial score (nSPS) is 15.8. The zero-order valence-corrected chi connectivity index (χ0v) is 14.3. The summed E-state index contributed by atoms with van der Waals surface area (Å²) in [7, 11) is 0. The van der Waals surface area contributed by atoms with E-state index in [9.17, 15) is 4.79 Å². The van der Waals surface area contributed by atoms with Crippen molar-refractivity contribution < 1.29 is 4.79 Å². The number of unbranched alkanes of at least 4 members (excludes halogenated alkanes) is 1. The molecule has 2 N–H and O–H groups in total. The van der Waals surface area contributed by atoms with Gasteiger partial charge in [0.1, 0.15) is 0 Å². The molecule has 1 atom stereocenters. The Balaban J connectivity index is 2.12. The summed E-state index contributed by atoms with van der Waals surface area (Å²) in [6, 6.07) is 6.78. The number of aryl methyl sites for hydroxylation is 1. The van der Waals surface area contributed by atoms with Crippen molar-refractivity contribution in [2.24, 2.45) is 11.7 Å². The Bertz CT molecular complexity index is 510. The molecule has 3 heteroatoms. The van der Waals surface area contributed by atoms with Crippen LogP contribution in [0.2, 0.25) is 0 Å². The number of amides is 1. The van der Waals surface area contributed by atoms with E-state index in [2.05, 4.69) is 25.1 Å². The van der Waals surface area contributed by atoms with E-state index in [1.807, 2.05) is 18.7 Å². The largest absolute Gasteiger partial charge is 0.327 e. The monoisotopic (exact) mass is 302 g/mol. The molecular weight excluding hydrogens is 272 g/mol. The van der Waals surface area contributed by atoms with Crippen molar-refractivity contribution in [3.8, 4) is 0 Å². The van der Waals surface area contributed by atoms with Gasteiger partial charge in [0.2, 0.25) is 5.91 Å². The molecule has 0 fully saturated rings. The van der Waals surface area contributed by atoms with E-state index in [4.69, 9.17) is 5.73 Å². The zero-order chi connectivity index (χ0) is 16.1. The maximum absolute atomic E-state index is 12.3. The van der Waals surface area contributed by atoms with E-state index in [-0.39, 0.29) is 17.9 Å². The minimum Gasteiger partial charge on any atom is -0.327 e. The maximum atomic E-state index is 12.3. The molecule has 3 nitrogen and oxygen atoms in total. The summed E-state index contributed by atoms with van der Waals surface area (Å²) in [5, 5.41) is 0. The molecule has 1 unspecified atom stereocenters. The number of hydrogen-bond donors (Lipinski definition) is 1. The van der Waals surface area contributed by atoms with Crippen LogP contribution in [0, 0.1) is 5.92 Å². The van der Waals surface area contributed by atoms with Crippen LogP contribution in [0.1, 0.15) is 57.6 Å². The molecule has 0 bridgehead atoms. The first-order chi connectivity index (χ1) is 10.5. The van der Waals surface area contributed by atoms with Gasteiger partial charge in [0, 0.05) is 24.2 Å². The van der Waals surface area contributed by atoms with Gasteiger partial charge in [0.25, 0.3) is 0 Å². The zero-order valence-electron chi connectivity index (χ0n) is 14.3. The Kier molecular flexibility index (Phi) is 6.01. The van der Waals surface area contributed by atoms with Gasteiger partial charge < -0.3 is 10.6 Å². The van der Waals surface area contributed by atoms with Crippen molar-refractivity contribution in [1.82, 2.24) is 0 Å². The van der Waals surface area contributed by atoms with Crippen LogP contribution in [0.5, 0.6) is 0 Å². The van der Waals surface area contributed by atoms with Gasteiger partial charge in [-0.1, -0.05) is 45.7 Å². The standard InChI is InChI=1S/C19H30N2O/c1-4-5-8-17(20)13-15-9-10-18-16(12-15)7-6-11-21(18)19(22)14(2)3/h9-10,12,14,17H,4-8,11,13,20H2,1-3H3. The molecule has 22 heavy (non-hydrogen) atoms. The summed E-state index contributed by atoms with van der Waals surface area (Å²) >= 11 is 0. The van der Waals surface area contributed by atoms with Gasteiger partial charge in [-0.2, -0.15) is 0 Å². The van der Waals surface area contributed by atoms with Gasteiger partial charge in [-0.05, 0) is 42.9 Å². The Morgan fingerprint density at radius 3 is 2.82 bits per heavy atom. The third kappa shape index (κ3) is 4.10. The van der Waals surface area contributed by atoms with Crippen LogP contribution >= 0.6 is 0 Å². The van der Waals surface area contributed by atoms with E-state index in [1.165, 1.54) is 24.0 Å². The summed E-state index contributed by atoms with van der Waals surface area (Å²) in [5.41, 5.74) is 9.94. The van der Waals surface area contributed by atoms with Gasteiger partial charge >= 0.3 is 0 Å². The lowest BCUT2D eigenvalue weighted by atomic mass is 9.95. The van der Waals surface area contributed by atoms with Gasteiger partial charge in [-0.3, -0.25) is 4.79 Å². The highest BCUT2D eigenvalue weighted by Gasteiger charge is 2.24. The minimum atomic E-state index is 0.0492. The molecular formula is C19H30N2O. The van der Waals surface area contributed by atoms with Crippen molar-refractivity contribution in [2.75, 3.05) is 11.4 Å². The van der Waals surface area contributed by atoms with Crippen molar-refractivity contribution in [2.45, 2.75) is 65.3 Å². The lowest BCUT2D eigenvalue weighted by Gasteiger charge is -2.31. The van der Waals surface area contributed by atoms with E-state index < -0.39 is 0 Å². The second kappa shape index (κ2) is 7.77. The molecule has 0 saturated carbocycles. The highest BCUT2D eigenvalue weighted by Crippen LogP contribution is 2.29. The molecule has 2 rings (SSSR count). The molecule has 1 aromatic carbocycles. The molecule has 1 amide bonds. The Morgan fingerprint density at radius 2 is 2.14 bits per heavy atom. The lowest BCUT2D eigenvalue weighted by molar-refractivity contribution is -0.121. The first-order valence-electron chi connectivity index (χ1n) is 8.71. The van der Waals surface area contributed by atoms with Crippen LogP contribution in [0.3, 0.4) is 0 Å². The molecule has 1 aromatic rings. The van der Waals surface area contributed by atoms with Crippen LogP contribution < -0.4 is 10.6 Å². The average molecular weight is 302 g/mol. The summed E-state index contributed by atoms with van der Waals surface area (Å²) in [4.78, 5) is 14.3. The number of anilines is 1. The van der Waals surface area contributed by atoms with E-state index in [1.54, 1.807) is 0 Å². The molecule has 1 aliphatic heterocycles. The summed E-state index contributed by atoms with van der Waals surface area (Å²) in [6.45, 7) is 6.99. The van der Waals surface area contributed by atoms with Crippen molar-refractivity contribution in [3.05, 3.63) is 29.3 Å². The van der Waals surface area contributed by atoms with Gasteiger partial charge in [0.05, 0.1) is 0 Å². The predicted molar refractivity (Wildman–Crippen MR) is 93.2 cm³/mol. The maximum Gasteiger partial charge on any atom is 0.229 e. The van der Waals surface area contributed by atoms with E-state index in [0.29, 0.717) is 0 Å². The number of rotatable bonds is 6. The van der Waals surface area contributed by atoms with E-state index in [0.717, 1.165) is 37.9 Å². The number of carbonyl (C=O) groups is 1. The first-order valence-corrected chi connectivity index (χ1v) is 8.71. The van der Waals surface area contributed by atoms with Gasteiger partial charge in [0.15, 0.2) is 0 Å². The molecule has 0 radical (unpaired) electrons. The topological polar surface area (TPSA) is 46.3 Å². The smallest absolute Gasteiger partial charge is 0.229 e. The van der Waals surface area contributed by atoms with Gasteiger partial charge in [-0.25, -0.2) is 0 Å². The van der Waals surface area contributed by atoms with Crippen LogP contribution in [0.15, 0.2) is 18.2 Å². The third-order valence-electron chi connectivity index (χ3n) is 4.45. The number of benzene rings is 1. The minimum absolute atomic E-state index is 0.0492. The number of nitrogens with zero attached hydrogens (tertiary/aromatic N) is 1. The Hall–Kier alpha value is -1.35. The van der Waals surface area contributed by atoms with Crippen LogP contribution in [0.25, 0.3) is 0 Å². The third-order valence-corrected chi connectivity index (χ3v) is 4.45. The number of nitrogens with two attached hydrogens (primary N) is 1. The molecule has 0 saturated heterocycles. The summed E-state index contributed by atoms with van der Waals surface area (Å²) < 4.78 is 0. The highest BCUT2D eigenvalue weighted by atomic mass is 16.2. The fourth-order valence-electron chi connectivity index (χ4n) is 3.19. The molecule has 0 aliphatic carbocycles. The Morgan fingerprint density at radius 1 is 1.36 bits per heavy atom. The number of hydrogen-bond acceptors (Lipinski definition) is 2. The van der Waals surface area contributed by atoms with Gasteiger partial charge in [-0.15, -0.1) is 0 Å². The summed E-state index contributed by atoms with van der Waals surface area (Å²) in [5.74, 6) is 0.279. The summed E-state index contributed by atoms with van der Waals surface area (Å²) in [6.07, 6.45) is 6.54. The molecule has 0 spiro atoms. The van der Waals surface area contributed by atoms with Crippen molar-refractivity contribution in [3.63, 3.8) is 0 Å². The average Bonchev–Trinajstić information content (AvgIpc) is 2.51. The quantitative estimate of drug-likeness (QED) is 0.871. The fourth-order valence-corrected chi connectivity index (χ4v) is 3.19. The van der Waals surface area contributed by atoms with Crippen molar-refractivity contribution >= 4 is 11.6 Å². The van der Waals surface area contributed by atoms with Crippen molar-refractivity contribution in [1.29, 1.82) is 0 Å².